The van der Waals surface area contributed by atoms with E-state index in [1.807, 2.05) is 0 Å². The minimum absolute atomic E-state index is 0.362. The molecule has 0 aromatic carbocycles. The third kappa shape index (κ3) is 1.92. The van der Waals surface area contributed by atoms with Crippen LogP contribution >= 0.6 is 11.3 Å². The van der Waals surface area contributed by atoms with E-state index >= 15 is 0 Å². The van der Waals surface area contributed by atoms with E-state index < -0.39 is 0 Å². The summed E-state index contributed by atoms with van der Waals surface area (Å²) in [6, 6.07) is 2.69. The van der Waals surface area contributed by atoms with Crippen molar-refractivity contribution in [2.75, 3.05) is 11.9 Å². The van der Waals surface area contributed by atoms with E-state index in [9.17, 15) is 0 Å². The first-order valence-corrected chi connectivity index (χ1v) is 9.82. The molecule has 1 aliphatic heterocycles. The van der Waals surface area contributed by atoms with Crippen LogP contribution in [0, 0.1) is 11.3 Å². The topological polar surface area (TPSA) is 47.0 Å². The molecule has 5 rings (SSSR count). The van der Waals surface area contributed by atoms with Crippen LogP contribution in [0.4, 0.5) is 5.82 Å². The van der Waals surface area contributed by atoms with Gasteiger partial charge in [-0.3, -0.25) is 0 Å². The number of ether oxygens (including phenoxy) is 1. The van der Waals surface area contributed by atoms with Crippen molar-refractivity contribution in [1.82, 2.24) is 9.97 Å². The van der Waals surface area contributed by atoms with Crippen molar-refractivity contribution in [3.63, 3.8) is 0 Å². The van der Waals surface area contributed by atoms with Gasteiger partial charge in [0.1, 0.15) is 16.5 Å². The van der Waals surface area contributed by atoms with Crippen LogP contribution < -0.4 is 5.32 Å². The van der Waals surface area contributed by atoms with E-state index in [-0.39, 0.29) is 0 Å². The highest BCUT2D eigenvalue weighted by Crippen LogP contribution is 2.61. The second-order valence-corrected chi connectivity index (χ2v) is 8.18. The predicted molar refractivity (Wildman–Crippen MR) is 93.0 cm³/mol. The summed E-state index contributed by atoms with van der Waals surface area (Å²) in [5.74, 6) is 2.66. The zero-order chi connectivity index (χ0) is 15.4. The quantitative estimate of drug-likeness (QED) is 0.924. The van der Waals surface area contributed by atoms with Crippen LogP contribution in [0.2, 0.25) is 0 Å². The first kappa shape index (κ1) is 14.2. The lowest BCUT2D eigenvalue weighted by Crippen LogP contribution is -2.65. The average molecular weight is 329 g/mol. The molecule has 23 heavy (non-hydrogen) atoms. The maximum absolute atomic E-state index is 6.10. The number of fused-ring (bicyclic) bond motifs is 3. The van der Waals surface area contributed by atoms with E-state index in [1.54, 1.807) is 11.3 Å². The summed E-state index contributed by atoms with van der Waals surface area (Å²) in [6.07, 6.45) is 7.89. The van der Waals surface area contributed by atoms with Gasteiger partial charge in [-0.1, -0.05) is 19.8 Å². The van der Waals surface area contributed by atoms with Crippen molar-refractivity contribution < 1.29 is 4.74 Å². The molecule has 1 N–H and O–H groups in total. The van der Waals surface area contributed by atoms with Gasteiger partial charge in [-0.25, -0.2) is 9.97 Å². The van der Waals surface area contributed by atoms with Gasteiger partial charge in [-0.05, 0) is 30.7 Å². The number of thiophene rings is 1. The highest BCUT2D eigenvalue weighted by atomic mass is 32.1. The number of hydrogen-bond acceptors (Lipinski definition) is 5. The van der Waals surface area contributed by atoms with Gasteiger partial charge in [0, 0.05) is 30.4 Å². The van der Waals surface area contributed by atoms with E-state index in [4.69, 9.17) is 9.72 Å². The molecule has 3 heterocycles. The second-order valence-electron chi connectivity index (χ2n) is 7.29. The van der Waals surface area contributed by atoms with Gasteiger partial charge in [0.2, 0.25) is 0 Å². The van der Waals surface area contributed by atoms with Gasteiger partial charge in [0.25, 0.3) is 0 Å². The standard InChI is InChI=1S/C18H23N3OS/c1-2-13-19-16(12-6-10-23-17(12)20-13)21-14-11-5-9-22-15(11)18(14)7-3-4-8-18/h6,10-11,14-15H,2-5,7-9H2,1H3,(H,19,20,21). The van der Waals surface area contributed by atoms with Crippen LogP contribution in [0.25, 0.3) is 10.2 Å². The molecule has 1 spiro atoms. The molecular formula is C18H23N3OS. The molecule has 3 atom stereocenters. The summed E-state index contributed by atoms with van der Waals surface area (Å²) < 4.78 is 6.10. The Morgan fingerprint density at radius 1 is 1.35 bits per heavy atom. The second kappa shape index (κ2) is 5.15. The maximum atomic E-state index is 6.10. The van der Waals surface area contributed by atoms with Crippen molar-refractivity contribution in [2.45, 2.75) is 57.6 Å². The molecule has 1 saturated heterocycles. The van der Waals surface area contributed by atoms with Gasteiger partial charge >= 0.3 is 0 Å². The van der Waals surface area contributed by atoms with Gasteiger partial charge in [0.15, 0.2) is 0 Å². The van der Waals surface area contributed by atoms with Crippen molar-refractivity contribution in [2.24, 2.45) is 11.3 Å². The third-order valence-corrected chi connectivity index (χ3v) is 7.07. The molecule has 122 valence electrons. The van der Waals surface area contributed by atoms with Gasteiger partial charge in [-0.2, -0.15) is 0 Å². The molecule has 2 aromatic heterocycles. The maximum Gasteiger partial charge on any atom is 0.138 e. The molecule has 0 amide bonds. The number of rotatable bonds is 3. The largest absolute Gasteiger partial charge is 0.377 e. The Hall–Kier alpha value is -1.20. The summed E-state index contributed by atoms with van der Waals surface area (Å²) in [6.45, 7) is 3.06. The highest BCUT2D eigenvalue weighted by Gasteiger charge is 2.65. The predicted octanol–water partition coefficient (Wildman–Crippen LogP) is 4.01. The Labute approximate surface area is 140 Å². The fourth-order valence-electron chi connectivity index (χ4n) is 5.22. The Balaban J connectivity index is 1.52. The molecule has 3 fully saturated rings. The lowest BCUT2D eigenvalue weighted by molar-refractivity contribution is -0.111. The number of anilines is 1. The zero-order valence-corrected chi connectivity index (χ0v) is 14.4. The Bertz CT molecular complexity index is 737. The summed E-state index contributed by atoms with van der Waals surface area (Å²) in [4.78, 5) is 10.6. The monoisotopic (exact) mass is 329 g/mol. The molecule has 2 saturated carbocycles. The Kier molecular flexibility index (Phi) is 3.17. The average Bonchev–Trinajstić information content (AvgIpc) is 3.29. The molecule has 3 unspecified atom stereocenters. The third-order valence-electron chi connectivity index (χ3n) is 6.27. The van der Waals surface area contributed by atoms with E-state index in [0.29, 0.717) is 23.5 Å². The molecule has 0 bridgehead atoms. The van der Waals surface area contributed by atoms with Crippen molar-refractivity contribution >= 4 is 27.4 Å². The lowest BCUT2D eigenvalue weighted by atomic mass is 9.54. The number of hydrogen-bond donors (Lipinski definition) is 1. The first-order valence-electron chi connectivity index (χ1n) is 8.94. The summed E-state index contributed by atoms with van der Waals surface area (Å²) in [7, 11) is 0. The van der Waals surface area contributed by atoms with Crippen LogP contribution in [0.1, 0.15) is 44.9 Å². The minimum Gasteiger partial charge on any atom is -0.377 e. The molecule has 2 aliphatic carbocycles. The van der Waals surface area contributed by atoms with Crippen LogP contribution in [0.5, 0.6) is 0 Å². The molecular weight excluding hydrogens is 306 g/mol. The van der Waals surface area contributed by atoms with Gasteiger partial charge in [-0.15, -0.1) is 11.3 Å². The molecule has 2 aromatic rings. The number of nitrogens with zero attached hydrogens (tertiary/aromatic N) is 2. The summed E-state index contributed by atoms with van der Waals surface area (Å²) in [5, 5.41) is 7.17. The smallest absolute Gasteiger partial charge is 0.138 e. The first-order chi connectivity index (χ1) is 11.3. The van der Waals surface area contributed by atoms with E-state index in [2.05, 4.69) is 28.7 Å². The molecule has 5 heteroatoms. The highest BCUT2D eigenvalue weighted by molar-refractivity contribution is 7.16. The normalized spacial score (nSPS) is 31.4. The Morgan fingerprint density at radius 3 is 3.04 bits per heavy atom. The molecule has 3 aliphatic rings. The SMILES string of the molecule is CCc1nc(NC2C3CCOC3C23CCCC3)c2ccsc2n1. The zero-order valence-electron chi connectivity index (χ0n) is 13.5. The number of nitrogens with one attached hydrogen (secondary N) is 1. The minimum atomic E-state index is 0.362. The van der Waals surface area contributed by atoms with E-state index in [0.717, 1.165) is 29.5 Å². The summed E-state index contributed by atoms with van der Waals surface area (Å²) >= 11 is 1.71. The number of aromatic nitrogens is 2. The van der Waals surface area contributed by atoms with Crippen LogP contribution in [-0.2, 0) is 11.2 Å². The fraction of sp³-hybridized carbons (Fsp3) is 0.667. The van der Waals surface area contributed by atoms with Crippen LogP contribution in [-0.4, -0.2) is 28.7 Å². The van der Waals surface area contributed by atoms with Crippen molar-refractivity contribution in [3.8, 4) is 0 Å². The van der Waals surface area contributed by atoms with Crippen LogP contribution in [0.3, 0.4) is 0 Å². The Morgan fingerprint density at radius 2 is 2.22 bits per heavy atom. The van der Waals surface area contributed by atoms with Gasteiger partial charge in [0.05, 0.1) is 11.5 Å². The molecule has 4 nitrogen and oxygen atoms in total. The van der Waals surface area contributed by atoms with Crippen molar-refractivity contribution in [3.05, 3.63) is 17.3 Å². The van der Waals surface area contributed by atoms with E-state index in [1.165, 1.54) is 37.5 Å². The molecule has 0 radical (unpaired) electrons. The summed E-state index contributed by atoms with van der Waals surface area (Å²) in [5.41, 5.74) is 0.362. The number of aryl methyl sites for hydroxylation is 1. The fourth-order valence-corrected chi connectivity index (χ4v) is 6.00. The lowest BCUT2D eigenvalue weighted by Gasteiger charge is -2.57. The van der Waals surface area contributed by atoms with Crippen molar-refractivity contribution in [1.29, 1.82) is 0 Å². The van der Waals surface area contributed by atoms with Crippen LogP contribution in [0.15, 0.2) is 11.4 Å². The van der Waals surface area contributed by atoms with Gasteiger partial charge < -0.3 is 10.1 Å².